The molecule has 0 heterocycles. The van der Waals surface area contributed by atoms with Gasteiger partial charge in [-0.15, -0.1) is 0 Å². The number of hydrogen-bond acceptors (Lipinski definition) is 5. The summed E-state index contributed by atoms with van der Waals surface area (Å²) in [4.78, 5) is 38.9. The summed E-state index contributed by atoms with van der Waals surface area (Å²) in [6.45, 7) is 5.75. The van der Waals surface area contributed by atoms with Crippen LogP contribution in [0.25, 0.3) is 0 Å². The molecule has 0 amide bonds. The van der Waals surface area contributed by atoms with Gasteiger partial charge in [-0.1, -0.05) is 0 Å². The van der Waals surface area contributed by atoms with Crippen molar-refractivity contribution < 1.29 is 34.1 Å². The van der Waals surface area contributed by atoms with Crippen LogP contribution in [-0.2, 0) is 23.9 Å². The second-order valence-electron chi connectivity index (χ2n) is 3.05. The minimum Gasteiger partial charge on any atom is -0.481 e. The van der Waals surface area contributed by atoms with Crippen molar-refractivity contribution in [3.63, 3.8) is 0 Å². The van der Waals surface area contributed by atoms with Gasteiger partial charge in [-0.3, -0.25) is 14.4 Å². The number of rotatable bonds is 4. The Balaban J connectivity index is -0.000000233. The molecule has 0 aromatic carbocycles. The van der Waals surface area contributed by atoms with Crippen LogP contribution in [0.5, 0.6) is 0 Å². The lowest BCUT2D eigenvalue weighted by molar-refractivity contribution is -0.144. The molecular weight excluding hydrogens is 244 g/mol. The van der Waals surface area contributed by atoms with Gasteiger partial charge in [0.25, 0.3) is 11.9 Å². The Kier molecular flexibility index (Phi) is 17.9. The van der Waals surface area contributed by atoms with E-state index in [1.807, 2.05) is 0 Å². The molecule has 0 saturated heterocycles. The van der Waals surface area contributed by atoms with Crippen LogP contribution in [0.3, 0.4) is 0 Å². The van der Waals surface area contributed by atoms with E-state index < -0.39 is 11.9 Å². The van der Waals surface area contributed by atoms with Crippen LogP contribution in [0, 0.1) is 0 Å². The lowest BCUT2D eigenvalue weighted by Gasteiger charge is -1.97. The van der Waals surface area contributed by atoms with Gasteiger partial charge in [0.2, 0.25) is 0 Å². The van der Waals surface area contributed by atoms with Crippen molar-refractivity contribution >= 4 is 23.7 Å². The van der Waals surface area contributed by atoms with Gasteiger partial charge in [0.05, 0.1) is 13.0 Å². The number of Topliss-reactive ketones (excluding diaryl/α,β-unsaturated/α-hetero) is 1. The Morgan fingerprint density at radius 2 is 1.22 bits per heavy atom. The second-order valence-corrected chi connectivity index (χ2v) is 3.05. The largest absolute Gasteiger partial charge is 0.481 e. The van der Waals surface area contributed by atoms with E-state index in [1.165, 1.54) is 6.92 Å². The maximum atomic E-state index is 10.6. The van der Waals surface area contributed by atoms with E-state index in [0.717, 1.165) is 13.8 Å². The molecule has 0 aromatic heterocycles. The lowest BCUT2D eigenvalue weighted by Crippen LogP contribution is -2.05. The van der Waals surface area contributed by atoms with E-state index in [-0.39, 0.29) is 18.2 Å². The zero-order valence-electron chi connectivity index (χ0n) is 11.1. The smallest absolute Gasteiger partial charge is 0.306 e. The lowest BCUT2D eigenvalue weighted by atomic mass is 10.2. The number of carboxylic acids is 2. The number of ether oxygens (including phenoxy) is 1. The normalized spacial score (nSPS) is 7.78. The number of hydrogen-bond donors (Lipinski definition) is 2. The first-order valence-corrected chi connectivity index (χ1v) is 5.17. The fraction of sp³-hybridized carbons (Fsp3) is 0.636. The van der Waals surface area contributed by atoms with Gasteiger partial charge in [-0.25, -0.2) is 0 Å². The number of carbonyl (C=O) groups excluding carboxylic acids is 2. The minimum absolute atomic E-state index is 0.0213. The molecule has 0 aromatic rings. The van der Waals surface area contributed by atoms with E-state index in [2.05, 4.69) is 4.74 Å². The van der Waals surface area contributed by atoms with Crippen LogP contribution in [0.1, 0.15) is 40.5 Å². The summed E-state index contributed by atoms with van der Waals surface area (Å²) in [5.41, 5.74) is 0. The fourth-order valence-electron chi connectivity index (χ4n) is 0.511. The highest BCUT2D eigenvalue weighted by molar-refractivity contribution is 5.80. The molecule has 0 aliphatic rings. The van der Waals surface area contributed by atoms with Crippen molar-refractivity contribution in [2.45, 2.75) is 40.5 Å². The molecule has 0 aliphatic carbocycles. The average Bonchev–Trinajstić information content (AvgIpc) is 2.13. The van der Waals surface area contributed by atoms with Crippen LogP contribution >= 0.6 is 0 Å². The van der Waals surface area contributed by atoms with E-state index in [9.17, 15) is 9.59 Å². The molecule has 0 radical (unpaired) electrons. The Morgan fingerprint density at radius 3 is 1.44 bits per heavy atom. The van der Waals surface area contributed by atoms with Gasteiger partial charge in [0, 0.05) is 20.3 Å². The van der Waals surface area contributed by atoms with Crippen LogP contribution in [-0.4, -0.2) is 40.5 Å². The number of carbonyl (C=O) groups is 4. The molecule has 0 spiro atoms. The topological polar surface area (TPSA) is 118 Å². The van der Waals surface area contributed by atoms with Crippen LogP contribution in [0.4, 0.5) is 0 Å². The molecule has 7 nitrogen and oxygen atoms in total. The van der Waals surface area contributed by atoms with Gasteiger partial charge in [-0.05, 0) is 13.8 Å². The predicted molar refractivity (Wildman–Crippen MR) is 63.2 cm³/mol. The van der Waals surface area contributed by atoms with Gasteiger partial charge < -0.3 is 19.7 Å². The summed E-state index contributed by atoms with van der Waals surface area (Å²) in [5.74, 6) is -1.94. The predicted octanol–water partition coefficient (Wildman–Crippen LogP) is 1.10. The number of esters is 1. The van der Waals surface area contributed by atoms with Crippen LogP contribution < -0.4 is 0 Å². The van der Waals surface area contributed by atoms with Crippen molar-refractivity contribution in [1.82, 2.24) is 0 Å². The first kappa shape index (κ1) is 21.4. The Bertz CT molecular complexity index is 251. The maximum Gasteiger partial charge on any atom is 0.306 e. The van der Waals surface area contributed by atoms with Gasteiger partial charge in [0.1, 0.15) is 5.78 Å². The van der Waals surface area contributed by atoms with E-state index >= 15 is 0 Å². The SMILES string of the molecule is CC(=O)O.CC(=O)O.CCOC(=O)CCC(C)=O. The third kappa shape index (κ3) is 65.2. The molecule has 18 heavy (non-hydrogen) atoms. The average molecular weight is 264 g/mol. The van der Waals surface area contributed by atoms with Gasteiger partial charge >= 0.3 is 5.97 Å². The first-order valence-electron chi connectivity index (χ1n) is 5.17. The summed E-state index contributed by atoms with van der Waals surface area (Å²) < 4.78 is 4.60. The van der Waals surface area contributed by atoms with E-state index in [0.29, 0.717) is 13.0 Å². The van der Waals surface area contributed by atoms with Crippen molar-refractivity contribution in [3.8, 4) is 0 Å². The summed E-state index contributed by atoms with van der Waals surface area (Å²) in [6, 6.07) is 0. The molecule has 0 unspecified atom stereocenters. The maximum absolute atomic E-state index is 10.6. The van der Waals surface area contributed by atoms with Gasteiger partial charge in [0.15, 0.2) is 0 Å². The molecule has 0 bridgehead atoms. The zero-order valence-corrected chi connectivity index (χ0v) is 11.1. The number of ketones is 1. The number of carboxylic acid groups (broad SMARTS) is 2. The standard InChI is InChI=1S/C7H12O3.2C2H4O2/c1-3-10-7(9)5-4-6(2)8;2*1-2(3)4/h3-5H2,1-2H3;2*1H3,(H,3,4). The molecule has 0 saturated carbocycles. The summed E-state index contributed by atoms with van der Waals surface area (Å²) in [5, 5.41) is 14.8. The second kappa shape index (κ2) is 15.1. The molecule has 7 heteroatoms. The third-order valence-electron chi connectivity index (χ3n) is 0.987. The van der Waals surface area contributed by atoms with Gasteiger partial charge in [-0.2, -0.15) is 0 Å². The molecular formula is C11H20O7. The summed E-state index contributed by atoms with van der Waals surface area (Å²) >= 11 is 0. The first-order chi connectivity index (χ1) is 8.13. The molecule has 2 N–H and O–H groups in total. The molecule has 0 aliphatic heterocycles. The highest BCUT2D eigenvalue weighted by Gasteiger charge is 2.02. The Labute approximate surface area is 106 Å². The van der Waals surface area contributed by atoms with Crippen LogP contribution in [0.15, 0.2) is 0 Å². The quantitative estimate of drug-likeness (QED) is 0.730. The monoisotopic (exact) mass is 264 g/mol. The minimum atomic E-state index is -0.833. The molecule has 0 atom stereocenters. The molecule has 0 fully saturated rings. The van der Waals surface area contributed by atoms with Crippen molar-refractivity contribution in [1.29, 1.82) is 0 Å². The van der Waals surface area contributed by atoms with Crippen molar-refractivity contribution in [2.75, 3.05) is 6.61 Å². The molecule has 0 rings (SSSR count). The van der Waals surface area contributed by atoms with Crippen LogP contribution in [0.2, 0.25) is 0 Å². The summed E-state index contributed by atoms with van der Waals surface area (Å²) in [6.07, 6.45) is 0.502. The highest BCUT2D eigenvalue weighted by atomic mass is 16.5. The summed E-state index contributed by atoms with van der Waals surface area (Å²) in [7, 11) is 0. The van der Waals surface area contributed by atoms with Crippen molar-refractivity contribution in [3.05, 3.63) is 0 Å². The zero-order chi connectivity index (χ0) is 15.1. The fourth-order valence-corrected chi connectivity index (χ4v) is 0.511. The number of aliphatic carboxylic acids is 2. The highest BCUT2D eigenvalue weighted by Crippen LogP contribution is 1.92. The Hall–Kier alpha value is -1.92. The van der Waals surface area contributed by atoms with E-state index in [4.69, 9.17) is 19.8 Å². The third-order valence-corrected chi connectivity index (χ3v) is 0.987. The van der Waals surface area contributed by atoms with E-state index in [1.54, 1.807) is 6.92 Å². The Morgan fingerprint density at radius 1 is 0.889 bits per heavy atom. The van der Waals surface area contributed by atoms with Crippen molar-refractivity contribution in [2.24, 2.45) is 0 Å². The molecule has 106 valence electrons.